The molecular weight excluding hydrogens is 443 g/mol. The zero-order valence-electron chi connectivity index (χ0n) is 21.2. The second-order valence-electron chi connectivity index (χ2n) is 11.7. The summed E-state index contributed by atoms with van der Waals surface area (Å²) in [5.74, 6) is 0. The molecule has 174 valence electrons. The van der Waals surface area contributed by atoms with E-state index in [1.165, 1.54) is 38.9 Å². The molecule has 9 rings (SSSR count). The van der Waals surface area contributed by atoms with Crippen LogP contribution in [0.3, 0.4) is 0 Å². The first kappa shape index (κ1) is 20.2. The van der Waals surface area contributed by atoms with Gasteiger partial charge in [-0.15, -0.1) is 0 Å². The van der Waals surface area contributed by atoms with Crippen LogP contribution in [0.4, 0.5) is 0 Å². The number of benzene rings is 5. The van der Waals surface area contributed by atoms with Crippen molar-refractivity contribution in [3.05, 3.63) is 146 Å². The van der Waals surface area contributed by atoms with Crippen molar-refractivity contribution in [2.75, 3.05) is 0 Å². The highest BCUT2D eigenvalue weighted by molar-refractivity contribution is 6.98. The van der Waals surface area contributed by atoms with Crippen molar-refractivity contribution in [2.24, 2.45) is 0 Å². The summed E-state index contributed by atoms with van der Waals surface area (Å²) in [7, 11) is 0. The second-order valence-corrected chi connectivity index (χ2v) is 11.7. The normalized spacial score (nSPS) is 15.1. The van der Waals surface area contributed by atoms with Crippen LogP contribution in [0, 0.1) is 6.92 Å². The van der Waals surface area contributed by atoms with E-state index < -0.39 is 0 Å². The number of hydrogen-bond acceptors (Lipinski definition) is 0. The smallest absolute Gasteiger partial charge is 0.0617 e. The molecule has 0 atom stereocenters. The highest BCUT2D eigenvalue weighted by Crippen LogP contribution is 2.38. The molecule has 0 spiro atoms. The van der Waals surface area contributed by atoms with Crippen LogP contribution in [-0.4, -0.2) is 6.71 Å². The van der Waals surface area contributed by atoms with Crippen LogP contribution in [0.15, 0.2) is 84.9 Å². The molecule has 0 bridgehead atoms. The topological polar surface area (TPSA) is 0 Å². The number of fused-ring (bicyclic) bond motifs is 2. The van der Waals surface area contributed by atoms with E-state index in [1.807, 2.05) is 0 Å². The van der Waals surface area contributed by atoms with E-state index in [0.717, 1.165) is 32.1 Å². The van der Waals surface area contributed by atoms with Crippen LogP contribution < -0.4 is 16.4 Å². The van der Waals surface area contributed by atoms with Gasteiger partial charge in [0, 0.05) is 0 Å². The first-order valence-corrected chi connectivity index (χ1v) is 13.8. The molecular formula is C36H27B. The van der Waals surface area contributed by atoms with Crippen LogP contribution in [0.2, 0.25) is 0 Å². The van der Waals surface area contributed by atoms with Crippen molar-refractivity contribution in [1.82, 2.24) is 0 Å². The Morgan fingerprint density at radius 3 is 1.57 bits per heavy atom. The summed E-state index contributed by atoms with van der Waals surface area (Å²) in [6.45, 7) is 2.70. The van der Waals surface area contributed by atoms with Crippen molar-refractivity contribution in [1.29, 1.82) is 0 Å². The van der Waals surface area contributed by atoms with Crippen LogP contribution in [0.25, 0.3) is 11.1 Å². The molecule has 0 radical (unpaired) electrons. The van der Waals surface area contributed by atoms with E-state index in [4.69, 9.17) is 0 Å². The predicted octanol–water partition coefficient (Wildman–Crippen LogP) is 5.39. The third-order valence-corrected chi connectivity index (χ3v) is 9.76. The zero-order valence-corrected chi connectivity index (χ0v) is 21.2. The van der Waals surface area contributed by atoms with Crippen molar-refractivity contribution in [2.45, 2.75) is 39.0 Å². The summed E-state index contributed by atoms with van der Waals surface area (Å²) in [6, 6.07) is 33.0. The molecule has 0 aromatic heterocycles. The molecule has 0 unspecified atom stereocenters. The fourth-order valence-corrected chi connectivity index (χ4v) is 8.18. The van der Waals surface area contributed by atoms with Crippen molar-refractivity contribution in [3.8, 4) is 11.1 Å². The standard InChI is InChI=1S/C36H27B/c1-21-6-2-7-22-14-23-8-5-13-31(33(23)20-32(21)22)28-18-29-16-26-11-3-9-24-15-25-10-4-12-27-17-30(19-28)36(29)37(34(24)26)35(25)27/h2-13,18-19H,14-17,20H2,1H3. The molecule has 0 nitrogen and oxygen atoms in total. The predicted molar refractivity (Wildman–Crippen MR) is 155 cm³/mol. The Hall–Kier alpha value is -3.84. The Morgan fingerprint density at radius 1 is 0.459 bits per heavy atom. The van der Waals surface area contributed by atoms with Gasteiger partial charge in [0.25, 0.3) is 0 Å². The van der Waals surface area contributed by atoms with Gasteiger partial charge in [-0.25, -0.2) is 0 Å². The van der Waals surface area contributed by atoms with E-state index in [1.54, 1.807) is 49.8 Å². The van der Waals surface area contributed by atoms with Crippen LogP contribution in [0.1, 0.15) is 61.2 Å². The SMILES string of the molecule is Cc1cccc2c1Cc1c(cccc1-c1cc3c4c(c1)Cc1cccc5c1B4c1c(cccc1C3)C5)C2. The molecule has 5 aromatic carbocycles. The van der Waals surface area contributed by atoms with Gasteiger partial charge in [-0.1, -0.05) is 101 Å². The minimum Gasteiger partial charge on any atom is -0.0617 e. The monoisotopic (exact) mass is 470 g/mol. The summed E-state index contributed by atoms with van der Waals surface area (Å²) in [6.07, 6.45) is 5.30. The minimum atomic E-state index is 0.423. The maximum atomic E-state index is 2.56. The van der Waals surface area contributed by atoms with Gasteiger partial charge in [0.2, 0.25) is 6.71 Å². The van der Waals surface area contributed by atoms with E-state index in [2.05, 4.69) is 91.9 Å². The lowest BCUT2D eigenvalue weighted by Crippen LogP contribution is -2.64. The highest BCUT2D eigenvalue weighted by Gasteiger charge is 2.41. The zero-order chi connectivity index (χ0) is 24.2. The Kier molecular flexibility index (Phi) is 3.91. The summed E-state index contributed by atoms with van der Waals surface area (Å²) in [5, 5.41) is 0. The van der Waals surface area contributed by atoms with E-state index >= 15 is 0 Å². The first-order chi connectivity index (χ1) is 18.2. The van der Waals surface area contributed by atoms with Crippen molar-refractivity contribution >= 4 is 23.1 Å². The summed E-state index contributed by atoms with van der Waals surface area (Å²) in [4.78, 5) is 0. The molecule has 0 fully saturated rings. The maximum absolute atomic E-state index is 2.56. The molecule has 1 heteroatoms. The molecule has 0 saturated heterocycles. The molecule has 5 aromatic rings. The van der Waals surface area contributed by atoms with Crippen LogP contribution in [0.5, 0.6) is 0 Å². The fourth-order valence-electron chi connectivity index (χ4n) is 8.18. The van der Waals surface area contributed by atoms with E-state index in [-0.39, 0.29) is 0 Å². The lowest BCUT2D eigenvalue weighted by molar-refractivity contribution is 0.988. The summed E-state index contributed by atoms with van der Waals surface area (Å²) < 4.78 is 0. The summed E-state index contributed by atoms with van der Waals surface area (Å²) in [5.41, 5.74) is 24.5. The van der Waals surface area contributed by atoms with Gasteiger partial charge in [-0.05, 0) is 111 Å². The van der Waals surface area contributed by atoms with Gasteiger partial charge in [-0.2, -0.15) is 0 Å². The fraction of sp³-hybridized carbons (Fsp3) is 0.167. The Bertz CT molecular complexity index is 1750. The average Bonchev–Trinajstić information content (AvgIpc) is 2.92. The largest absolute Gasteiger partial charge is 0.243 e. The molecule has 3 aliphatic heterocycles. The second kappa shape index (κ2) is 7.14. The molecule has 0 saturated carbocycles. The summed E-state index contributed by atoms with van der Waals surface area (Å²) >= 11 is 0. The maximum Gasteiger partial charge on any atom is 0.243 e. The molecule has 1 aliphatic carbocycles. The molecule has 0 amide bonds. The van der Waals surface area contributed by atoms with Crippen molar-refractivity contribution < 1.29 is 0 Å². The van der Waals surface area contributed by atoms with Gasteiger partial charge in [0.05, 0.1) is 0 Å². The first-order valence-electron chi connectivity index (χ1n) is 13.8. The van der Waals surface area contributed by atoms with Crippen LogP contribution in [-0.2, 0) is 32.1 Å². The van der Waals surface area contributed by atoms with Gasteiger partial charge in [0.15, 0.2) is 0 Å². The number of aryl methyl sites for hydroxylation is 1. The molecule has 0 N–H and O–H groups in total. The third kappa shape index (κ3) is 2.70. The quantitative estimate of drug-likeness (QED) is 0.283. The Morgan fingerprint density at radius 2 is 0.919 bits per heavy atom. The van der Waals surface area contributed by atoms with Crippen molar-refractivity contribution in [3.63, 3.8) is 0 Å². The Labute approximate surface area is 219 Å². The lowest BCUT2D eigenvalue weighted by atomic mass is 9.28. The number of rotatable bonds is 1. The van der Waals surface area contributed by atoms with Gasteiger partial charge < -0.3 is 0 Å². The molecule has 3 heterocycles. The van der Waals surface area contributed by atoms with Gasteiger partial charge in [-0.3, -0.25) is 0 Å². The van der Waals surface area contributed by atoms with Gasteiger partial charge >= 0.3 is 0 Å². The third-order valence-electron chi connectivity index (χ3n) is 9.76. The number of hydrogen-bond donors (Lipinski definition) is 0. The highest BCUT2D eigenvalue weighted by atomic mass is 14.3. The van der Waals surface area contributed by atoms with Crippen LogP contribution >= 0.6 is 0 Å². The molecule has 37 heavy (non-hydrogen) atoms. The molecule has 4 aliphatic rings. The average molecular weight is 470 g/mol. The Balaban J connectivity index is 1.26. The van der Waals surface area contributed by atoms with E-state index in [0.29, 0.717) is 6.71 Å². The lowest BCUT2D eigenvalue weighted by Gasteiger charge is -2.39. The van der Waals surface area contributed by atoms with E-state index in [9.17, 15) is 0 Å². The minimum absolute atomic E-state index is 0.423. The van der Waals surface area contributed by atoms with Gasteiger partial charge in [0.1, 0.15) is 0 Å².